The molecule has 1 N–H and O–H groups in total. The zero-order chi connectivity index (χ0) is 18.5. The summed E-state index contributed by atoms with van der Waals surface area (Å²) in [6.45, 7) is 0. The van der Waals surface area contributed by atoms with E-state index in [0.29, 0.717) is 11.5 Å². The van der Waals surface area contributed by atoms with Crippen molar-refractivity contribution in [1.82, 2.24) is 4.98 Å². The molecule has 0 amide bonds. The van der Waals surface area contributed by atoms with Gasteiger partial charge in [-0.25, -0.2) is 9.78 Å². The number of hydrogen-bond acceptors (Lipinski definition) is 5. The number of carbonyl (C=O) groups is 1. The first kappa shape index (κ1) is 17.7. The molecule has 0 bridgehead atoms. The summed E-state index contributed by atoms with van der Waals surface area (Å²) in [5.74, 6) is 0.407. The zero-order valence-electron chi connectivity index (χ0n) is 14.3. The standard InChI is InChI=1S/C20H17NO4S/c1-24-17-9-8-15(11-18(17)25-2)16-12-26-19(21-16)10-5-13-3-6-14(7-4-13)20(22)23/h3-12H,1-2H3,(H,22,23)/b10-5+. The molecule has 0 aliphatic rings. The van der Waals surface area contributed by atoms with Gasteiger partial charge in [-0.2, -0.15) is 0 Å². The second kappa shape index (κ2) is 7.84. The van der Waals surface area contributed by atoms with E-state index < -0.39 is 5.97 Å². The van der Waals surface area contributed by atoms with E-state index in [1.165, 1.54) is 11.3 Å². The number of rotatable bonds is 6. The highest BCUT2D eigenvalue weighted by Gasteiger charge is 2.08. The van der Waals surface area contributed by atoms with Crippen molar-refractivity contribution in [1.29, 1.82) is 0 Å². The fraction of sp³-hybridized carbons (Fsp3) is 0.100. The SMILES string of the molecule is COc1ccc(-c2csc(/C=C/c3ccc(C(=O)O)cc3)n2)cc1OC. The lowest BCUT2D eigenvalue weighted by Gasteiger charge is -2.08. The summed E-state index contributed by atoms with van der Waals surface area (Å²) in [6, 6.07) is 12.4. The molecule has 3 rings (SSSR count). The van der Waals surface area contributed by atoms with Gasteiger partial charge in [-0.3, -0.25) is 0 Å². The topological polar surface area (TPSA) is 68.7 Å². The third-order valence-electron chi connectivity index (χ3n) is 3.78. The van der Waals surface area contributed by atoms with Crippen molar-refractivity contribution < 1.29 is 19.4 Å². The summed E-state index contributed by atoms with van der Waals surface area (Å²) in [7, 11) is 3.21. The number of thiazole rings is 1. The van der Waals surface area contributed by atoms with Crippen molar-refractivity contribution in [2.24, 2.45) is 0 Å². The van der Waals surface area contributed by atoms with Crippen LogP contribution in [0.5, 0.6) is 11.5 Å². The van der Waals surface area contributed by atoms with Gasteiger partial charge in [0.25, 0.3) is 0 Å². The minimum atomic E-state index is -0.931. The lowest BCUT2D eigenvalue weighted by Crippen LogP contribution is -1.94. The Hall–Kier alpha value is -3.12. The van der Waals surface area contributed by atoms with Gasteiger partial charge in [-0.15, -0.1) is 11.3 Å². The van der Waals surface area contributed by atoms with Crippen LogP contribution in [-0.2, 0) is 0 Å². The van der Waals surface area contributed by atoms with E-state index in [1.807, 2.05) is 35.7 Å². The van der Waals surface area contributed by atoms with E-state index in [2.05, 4.69) is 4.98 Å². The average Bonchev–Trinajstić information content (AvgIpc) is 3.15. The minimum absolute atomic E-state index is 0.270. The highest BCUT2D eigenvalue weighted by molar-refractivity contribution is 7.10. The number of ether oxygens (including phenoxy) is 2. The van der Waals surface area contributed by atoms with Crippen molar-refractivity contribution >= 4 is 29.5 Å². The van der Waals surface area contributed by atoms with E-state index >= 15 is 0 Å². The number of carboxylic acid groups (broad SMARTS) is 1. The van der Waals surface area contributed by atoms with Crippen LogP contribution in [0.15, 0.2) is 47.8 Å². The monoisotopic (exact) mass is 367 g/mol. The molecular weight excluding hydrogens is 350 g/mol. The highest BCUT2D eigenvalue weighted by Crippen LogP contribution is 2.32. The number of aromatic nitrogens is 1. The average molecular weight is 367 g/mol. The third-order valence-corrected chi connectivity index (χ3v) is 4.59. The molecule has 0 aliphatic heterocycles. The van der Waals surface area contributed by atoms with Gasteiger partial charge in [0.2, 0.25) is 0 Å². The third kappa shape index (κ3) is 3.92. The number of nitrogens with zero attached hydrogens (tertiary/aromatic N) is 1. The Balaban J connectivity index is 1.78. The molecule has 1 heterocycles. The molecule has 0 saturated heterocycles. The van der Waals surface area contributed by atoms with Crippen LogP contribution in [-0.4, -0.2) is 30.3 Å². The molecule has 132 valence electrons. The van der Waals surface area contributed by atoms with Gasteiger partial charge < -0.3 is 14.6 Å². The van der Waals surface area contributed by atoms with Gasteiger partial charge in [0.1, 0.15) is 5.01 Å². The van der Waals surface area contributed by atoms with E-state index in [-0.39, 0.29) is 5.56 Å². The maximum absolute atomic E-state index is 10.9. The van der Waals surface area contributed by atoms with E-state index in [0.717, 1.165) is 21.8 Å². The lowest BCUT2D eigenvalue weighted by molar-refractivity contribution is 0.0697. The van der Waals surface area contributed by atoms with Gasteiger partial charge in [-0.1, -0.05) is 18.2 Å². The van der Waals surface area contributed by atoms with Crippen LogP contribution in [0.3, 0.4) is 0 Å². The second-order valence-electron chi connectivity index (χ2n) is 5.40. The molecule has 0 unspecified atom stereocenters. The molecule has 3 aromatic rings. The Morgan fingerprint density at radius 3 is 2.42 bits per heavy atom. The molecule has 5 nitrogen and oxygen atoms in total. The number of aromatic carboxylic acids is 1. The quantitative estimate of drug-likeness (QED) is 0.684. The summed E-state index contributed by atoms with van der Waals surface area (Å²) in [5.41, 5.74) is 2.99. The Labute approximate surface area is 155 Å². The first-order chi connectivity index (χ1) is 12.6. The molecule has 0 atom stereocenters. The Morgan fingerprint density at radius 2 is 1.77 bits per heavy atom. The minimum Gasteiger partial charge on any atom is -0.493 e. The van der Waals surface area contributed by atoms with Crippen molar-refractivity contribution in [3.8, 4) is 22.8 Å². The first-order valence-electron chi connectivity index (χ1n) is 7.80. The normalized spacial score (nSPS) is 10.8. The fourth-order valence-corrected chi connectivity index (χ4v) is 3.12. The van der Waals surface area contributed by atoms with Gasteiger partial charge in [-0.05, 0) is 42.0 Å². The Morgan fingerprint density at radius 1 is 1.04 bits per heavy atom. The van der Waals surface area contributed by atoms with Crippen molar-refractivity contribution in [2.75, 3.05) is 14.2 Å². The first-order valence-corrected chi connectivity index (χ1v) is 8.68. The van der Waals surface area contributed by atoms with E-state index in [4.69, 9.17) is 14.6 Å². The van der Waals surface area contributed by atoms with Crippen LogP contribution in [0.4, 0.5) is 0 Å². The maximum Gasteiger partial charge on any atom is 0.335 e. The number of hydrogen-bond donors (Lipinski definition) is 1. The van der Waals surface area contributed by atoms with Crippen LogP contribution in [0.2, 0.25) is 0 Å². The van der Waals surface area contributed by atoms with Crippen LogP contribution in [0.1, 0.15) is 20.9 Å². The molecule has 0 fully saturated rings. The van der Waals surface area contributed by atoms with Crippen molar-refractivity contribution in [3.63, 3.8) is 0 Å². The van der Waals surface area contributed by atoms with Crippen LogP contribution >= 0.6 is 11.3 Å². The van der Waals surface area contributed by atoms with Crippen LogP contribution in [0.25, 0.3) is 23.4 Å². The molecule has 2 aromatic carbocycles. The molecular formula is C20H17NO4S. The number of carboxylic acids is 1. The number of methoxy groups -OCH3 is 2. The summed E-state index contributed by atoms with van der Waals surface area (Å²) < 4.78 is 10.6. The largest absolute Gasteiger partial charge is 0.493 e. The lowest BCUT2D eigenvalue weighted by atomic mass is 10.1. The molecule has 0 spiro atoms. The van der Waals surface area contributed by atoms with Gasteiger partial charge in [0, 0.05) is 10.9 Å². The predicted octanol–water partition coefficient (Wildman–Crippen LogP) is 4.70. The van der Waals surface area contributed by atoms with E-state index in [1.54, 1.807) is 38.5 Å². The van der Waals surface area contributed by atoms with Gasteiger partial charge in [0.05, 0.1) is 25.5 Å². The van der Waals surface area contributed by atoms with Gasteiger partial charge >= 0.3 is 5.97 Å². The van der Waals surface area contributed by atoms with Gasteiger partial charge in [0.15, 0.2) is 11.5 Å². The van der Waals surface area contributed by atoms with Crippen molar-refractivity contribution in [3.05, 3.63) is 64.0 Å². The molecule has 0 radical (unpaired) electrons. The van der Waals surface area contributed by atoms with Crippen molar-refractivity contribution in [2.45, 2.75) is 0 Å². The summed E-state index contributed by atoms with van der Waals surface area (Å²) >= 11 is 1.53. The van der Waals surface area contributed by atoms with Crippen LogP contribution < -0.4 is 9.47 Å². The molecule has 26 heavy (non-hydrogen) atoms. The summed E-state index contributed by atoms with van der Waals surface area (Å²) in [4.78, 5) is 15.5. The molecule has 1 aromatic heterocycles. The predicted molar refractivity (Wildman–Crippen MR) is 103 cm³/mol. The fourth-order valence-electron chi connectivity index (χ4n) is 2.40. The Kier molecular flexibility index (Phi) is 5.34. The highest BCUT2D eigenvalue weighted by atomic mass is 32.1. The molecule has 0 aliphatic carbocycles. The molecule has 0 saturated carbocycles. The smallest absolute Gasteiger partial charge is 0.335 e. The maximum atomic E-state index is 10.9. The van der Waals surface area contributed by atoms with E-state index in [9.17, 15) is 4.79 Å². The number of benzene rings is 2. The molecule has 6 heteroatoms. The zero-order valence-corrected chi connectivity index (χ0v) is 15.1. The summed E-state index contributed by atoms with van der Waals surface area (Å²) in [6.07, 6.45) is 3.81. The van der Waals surface area contributed by atoms with Crippen LogP contribution in [0, 0.1) is 0 Å². The summed E-state index contributed by atoms with van der Waals surface area (Å²) in [5, 5.41) is 11.8. The Bertz CT molecular complexity index is 945. The second-order valence-corrected chi connectivity index (χ2v) is 6.29.